The lowest BCUT2D eigenvalue weighted by molar-refractivity contribution is 0.0897. The number of nitrogens with one attached hydrogen (secondary N) is 1. The molecule has 0 radical (unpaired) electrons. The minimum atomic E-state index is -0.580. The Balaban J connectivity index is 2.27. The van der Waals surface area contributed by atoms with Gasteiger partial charge in [0.1, 0.15) is 12.7 Å². The molecule has 114 valence electrons. The highest BCUT2D eigenvalue weighted by Crippen LogP contribution is 2.25. The molecule has 0 heterocycles. The maximum absolute atomic E-state index is 9.88. The number of aliphatic hydroxyl groups is 1. The van der Waals surface area contributed by atoms with Crippen LogP contribution in [-0.2, 0) is 4.74 Å². The minimum absolute atomic E-state index is 0.205. The van der Waals surface area contributed by atoms with Gasteiger partial charge >= 0.3 is 0 Å². The van der Waals surface area contributed by atoms with Crippen LogP contribution in [0.5, 0.6) is 11.5 Å². The van der Waals surface area contributed by atoms with Crippen LogP contribution < -0.4 is 14.8 Å². The van der Waals surface area contributed by atoms with Crippen molar-refractivity contribution in [1.82, 2.24) is 5.32 Å². The SMILES string of the molecule is CCOCC(C)NCC(O)COc1ccccc1OC. The van der Waals surface area contributed by atoms with E-state index in [4.69, 9.17) is 14.2 Å². The molecule has 0 aliphatic rings. The third-order valence-corrected chi connectivity index (χ3v) is 2.77. The zero-order chi connectivity index (χ0) is 14.8. The van der Waals surface area contributed by atoms with E-state index >= 15 is 0 Å². The molecule has 0 saturated carbocycles. The number of para-hydroxylation sites is 2. The fourth-order valence-corrected chi connectivity index (χ4v) is 1.67. The van der Waals surface area contributed by atoms with E-state index in [2.05, 4.69) is 5.32 Å². The molecule has 0 spiro atoms. The van der Waals surface area contributed by atoms with E-state index in [0.29, 0.717) is 31.3 Å². The van der Waals surface area contributed by atoms with E-state index in [1.165, 1.54) is 0 Å². The quantitative estimate of drug-likeness (QED) is 0.680. The number of hydrogen-bond acceptors (Lipinski definition) is 5. The van der Waals surface area contributed by atoms with Crippen LogP contribution in [0, 0.1) is 0 Å². The first-order chi connectivity index (χ1) is 9.67. The Hall–Kier alpha value is -1.30. The first kappa shape index (κ1) is 16.8. The predicted octanol–water partition coefficient (Wildman–Crippen LogP) is 1.45. The Kier molecular flexibility index (Phi) is 8.02. The molecule has 5 nitrogen and oxygen atoms in total. The van der Waals surface area contributed by atoms with E-state index in [9.17, 15) is 5.11 Å². The summed E-state index contributed by atoms with van der Waals surface area (Å²) in [5.41, 5.74) is 0. The molecule has 2 unspecified atom stereocenters. The van der Waals surface area contributed by atoms with Gasteiger partial charge in [0.15, 0.2) is 11.5 Å². The summed E-state index contributed by atoms with van der Waals surface area (Å²) >= 11 is 0. The van der Waals surface area contributed by atoms with Gasteiger partial charge in [-0.1, -0.05) is 12.1 Å². The molecule has 2 atom stereocenters. The molecular weight excluding hydrogens is 258 g/mol. The van der Waals surface area contributed by atoms with Crippen molar-refractivity contribution in [3.05, 3.63) is 24.3 Å². The molecule has 0 saturated heterocycles. The van der Waals surface area contributed by atoms with Crippen molar-refractivity contribution in [2.24, 2.45) is 0 Å². The van der Waals surface area contributed by atoms with Gasteiger partial charge in [0.05, 0.1) is 13.7 Å². The van der Waals surface area contributed by atoms with Crippen LogP contribution in [0.3, 0.4) is 0 Å². The summed E-state index contributed by atoms with van der Waals surface area (Å²) in [7, 11) is 1.59. The predicted molar refractivity (Wildman–Crippen MR) is 78.5 cm³/mol. The van der Waals surface area contributed by atoms with Gasteiger partial charge in [0.25, 0.3) is 0 Å². The van der Waals surface area contributed by atoms with Gasteiger partial charge in [-0.15, -0.1) is 0 Å². The van der Waals surface area contributed by atoms with Gasteiger partial charge in [0.2, 0.25) is 0 Å². The highest BCUT2D eigenvalue weighted by Gasteiger charge is 2.09. The van der Waals surface area contributed by atoms with Crippen LogP contribution in [0.15, 0.2) is 24.3 Å². The number of rotatable bonds is 10. The highest BCUT2D eigenvalue weighted by molar-refractivity contribution is 5.39. The largest absolute Gasteiger partial charge is 0.493 e. The summed E-state index contributed by atoms with van der Waals surface area (Å²) in [6.45, 7) is 5.99. The average molecular weight is 283 g/mol. The molecule has 1 aromatic rings. The van der Waals surface area contributed by atoms with Crippen molar-refractivity contribution in [3.8, 4) is 11.5 Å². The molecule has 0 aliphatic carbocycles. The van der Waals surface area contributed by atoms with Gasteiger partial charge in [-0.25, -0.2) is 0 Å². The third kappa shape index (κ3) is 6.23. The summed E-state index contributed by atoms with van der Waals surface area (Å²) < 4.78 is 16.0. The molecule has 1 aromatic carbocycles. The Morgan fingerprint density at radius 3 is 2.55 bits per heavy atom. The Labute approximate surface area is 120 Å². The summed E-state index contributed by atoms with van der Waals surface area (Å²) in [6, 6.07) is 7.59. The van der Waals surface area contributed by atoms with Gasteiger partial charge in [0, 0.05) is 19.2 Å². The second-order valence-electron chi connectivity index (χ2n) is 4.58. The van der Waals surface area contributed by atoms with Crippen LogP contribution in [-0.4, -0.2) is 50.7 Å². The molecule has 0 aromatic heterocycles. The summed E-state index contributed by atoms with van der Waals surface area (Å²) in [5, 5.41) is 13.1. The zero-order valence-electron chi connectivity index (χ0n) is 12.5. The molecule has 0 fully saturated rings. The fourth-order valence-electron chi connectivity index (χ4n) is 1.67. The van der Waals surface area contributed by atoms with E-state index < -0.39 is 6.10 Å². The maximum Gasteiger partial charge on any atom is 0.161 e. The van der Waals surface area contributed by atoms with Gasteiger partial charge in [-0.3, -0.25) is 0 Å². The number of hydrogen-bond donors (Lipinski definition) is 2. The second kappa shape index (κ2) is 9.58. The molecule has 0 amide bonds. The van der Waals surface area contributed by atoms with Crippen LogP contribution in [0.25, 0.3) is 0 Å². The van der Waals surface area contributed by atoms with Crippen molar-refractivity contribution in [2.45, 2.75) is 26.0 Å². The number of ether oxygens (including phenoxy) is 3. The third-order valence-electron chi connectivity index (χ3n) is 2.77. The van der Waals surface area contributed by atoms with Crippen LogP contribution in [0.1, 0.15) is 13.8 Å². The van der Waals surface area contributed by atoms with Gasteiger partial charge < -0.3 is 24.6 Å². The fraction of sp³-hybridized carbons (Fsp3) is 0.600. The lowest BCUT2D eigenvalue weighted by atomic mass is 10.3. The summed E-state index contributed by atoms with van der Waals surface area (Å²) in [5.74, 6) is 1.30. The van der Waals surface area contributed by atoms with Gasteiger partial charge in [-0.05, 0) is 26.0 Å². The number of benzene rings is 1. The topological polar surface area (TPSA) is 60.0 Å². The molecule has 5 heteroatoms. The second-order valence-corrected chi connectivity index (χ2v) is 4.58. The highest BCUT2D eigenvalue weighted by atomic mass is 16.5. The van der Waals surface area contributed by atoms with Crippen LogP contribution >= 0.6 is 0 Å². The maximum atomic E-state index is 9.88. The van der Waals surface area contributed by atoms with Crippen LogP contribution in [0.2, 0.25) is 0 Å². The Morgan fingerprint density at radius 2 is 1.90 bits per heavy atom. The van der Waals surface area contributed by atoms with E-state index in [-0.39, 0.29) is 12.6 Å². The van der Waals surface area contributed by atoms with Crippen molar-refractivity contribution in [2.75, 3.05) is 33.5 Å². The Morgan fingerprint density at radius 1 is 1.20 bits per heavy atom. The monoisotopic (exact) mass is 283 g/mol. The van der Waals surface area contributed by atoms with Gasteiger partial charge in [-0.2, -0.15) is 0 Å². The van der Waals surface area contributed by atoms with Crippen molar-refractivity contribution < 1.29 is 19.3 Å². The average Bonchev–Trinajstić information content (AvgIpc) is 2.48. The first-order valence-corrected chi connectivity index (χ1v) is 6.92. The molecular formula is C15H25NO4. The lowest BCUT2D eigenvalue weighted by Gasteiger charge is -2.18. The first-order valence-electron chi connectivity index (χ1n) is 6.92. The molecule has 0 bridgehead atoms. The number of methoxy groups -OCH3 is 1. The molecule has 2 N–H and O–H groups in total. The van der Waals surface area contributed by atoms with Crippen molar-refractivity contribution in [3.63, 3.8) is 0 Å². The lowest BCUT2D eigenvalue weighted by Crippen LogP contribution is -2.38. The zero-order valence-corrected chi connectivity index (χ0v) is 12.5. The standard InChI is InChI=1S/C15H25NO4/c1-4-19-10-12(2)16-9-13(17)11-20-15-8-6-5-7-14(15)18-3/h5-8,12-13,16-17H,4,9-11H2,1-3H3. The molecule has 0 aliphatic heterocycles. The normalized spacial score (nSPS) is 13.8. The van der Waals surface area contributed by atoms with E-state index in [1.807, 2.05) is 38.1 Å². The van der Waals surface area contributed by atoms with Crippen molar-refractivity contribution in [1.29, 1.82) is 0 Å². The smallest absolute Gasteiger partial charge is 0.161 e. The summed E-state index contributed by atoms with van der Waals surface area (Å²) in [4.78, 5) is 0. The Bertz CT molecular complexity index is 373. The minimum Gasteiger partial charge on any atom is -0.493 e. The number of aliphatic hydroxyl groups excluding tert-OH is 1. The molecule has 1 rings (SSSR count). The summed E-state index contributed by atoms with van der Waals surface area (Å²) in [6.07, 6.45) is -0.580. The van der Waals surface area contributed by atoms with Crippen molar-refractivity contribution >= 4 is 0 Å². The van der Waals surface area contributed by atoms with E-state index in [1.54, 1.807) is 7.11 Å². The molecule has 20 heavy (non-hydrogen) atoms. The van der Waals surface area contributed by atoms with E-state index in [0.717, 1.165) is 0 Å². The van der Waals surface area contributed by atoms with Crippen LogP contribution in [0.4, 0.5) is 0 Å².